The van der Waals surface area contributed by atoms with Crippen LogP contribution in [0, 0.1) is 11.7 Å². The van der Waals surface area contributed by atoms with Gasteiger partial charge >= 0.3 is 0 Å². The predicted octanol–water partition coefficient (Wildman–Crippen LogP) is 2.73. The zero-order chi connectivity index (χ0) is 13.9. The minimum absolute atomic E-state index is 0.225. The molecule has 6 heteroatoms. The number of aromatic nitrogens is 3. The monoisotopic (exact) mass is 338 g/mol. The second kappa shape index (κ2) is 6.01. The van der Waals surface area contributed by atoms with Gasteiger partial charge in [-0.1, -0.05) is 21.1 Å². The van der Waals surface area contributed by atoms with E-state index in [1.807, 2.05) is 6.20 Å². The van der Waals surface area contributed by atoms with Crippen molar-refractivity contribution in [2.75, 3.05) is 6.54 Å². The molecular formula is C14H16BrFN4. The molecule has 20 heavy (non-hydrogen) atoms. The number of nitrogens with zero attached hydrogens (tertiary/aromatic N) is 3. The number of hydrogen-bond acceptors (Lipinski definition) is 3. The van der Waals surface area contributed by atoms with Gasteiger partial charge in [-0.3, -0.25) is 0 Å². The van der Waals surface area contributed by atoms with Gasteiger partial charge in [-0.25, -0.2) is 9.07 Å². The standard InChI is InChI=1S/C14H16BrFN4/c15-12-3-4-14(16)11(5-12)8-20-9-13(18-19-20)7-17-6-10-1-2-10/h3-5,9-10,17H,1-2,6-8H2. The molecule has 0 amide bonds. The minimum Gasteiger partial charge on any atom is -0.311 e. The lowest BCUT2D eigenvalue weighted by molar-refractivity contribution is 0.576. The Hall–Kier alpha value is -1.27. The molecule has 0 bridgehead atoms. The highest BCUT2D eigenvalue weighted by molar-refractivity contribution is 9.10. The molecule has 0 radical (unpaired) electrons. The van der Waals surface area contributed by atoms with Crippen molar-refractivity contribution in [3.63, 3.8) is 0 Å². The molecule has 1 aliphatic carbocycles. The van der Waals surface area contributed by atoms with E-state index in [1.54, 1.807) is 16.8 Å². The maximum absolute atomic E-state index is 13.7. The van der Waals surface area contributed by atoms with Crippen molar-refractivity contribution < 1.29 is 4.39 Å². The van der Waals surface area contributed by atoms with Crippen LogP contribution >= 0.6 is 15.9 Å². The van der Waals surface area contributed by atoms with Crippen molar-refractivity contribution >= 4 is 15.9 Å². The van der Waals surface area contributed by atoms with E-state index in [4.69, 9.17) is 0 Å². The number of hydrogen-bond donors (Lipinski definition) is 1. The van der Waals surface area contributed by atoms with Crippen LogP contribution in [0.4, 0.5) is 4.39 Å². The highest BCUT2D eigenvalue weighted by Gasteiger charge is 2.20. The van der Waals surface area contributed by atoms with Crippen LogP contribution in [0.15, 0.2) is 28.9 Å². The first-order valence-electron chi connectivity index (χ1n) is 6.74. The Morgan fingerprint density at radius 2 is 2.25 bits per heavy atom. The zero-order valence-electron chi connectivity index (χ0n) is 11.0. The van der Waals surface area contributed by atoms with E-state index in [2.05, 4.69) is 31.6 Å². The smallest absolute Gasteiger partial charge is 0.128 e. The first-order valence-corrected chi connectivity index (χ1v) is 7.53. The highest BCUT2D eigenvalue weighted by Crippen LogP contribution is 2.27. The maximum atomic E-state index is 13.7. The van der Waals surface area contributed by atoms with Crippen LogP contribution in [0.3, 0.4) is 0 Å². The van der Waals surface area contributed by atoms with Crippen LogP contribution in [0.5, 0.6) is 0 Å². The Labute approximate surface area is 125 Å². The third kappa shape index (κ3) is 3.64. The third-order valence-corrected chi connectivity index (χ3v) is 3.86. The Bertz CT molecular complexity index is 595. The summed E-state index contributed by atoms with van der Waals surface area (Å²) in [7, 11) is 0. The predicted molar refractivity (Wildman–Crippen MR) is 77.7 cm³/mol. The number of benzene rings is 1. The fraction of sp³-hybridized carbons (Fsp3) is 0.429. The van der Waals surface area contributed by atoms with Crippen molar-refractivity contribution in [2.45, 2.75) is 25.9 Å². The lowest BCUT2D eigenvalue weighted by atomic mass is 10.2. The van der Waals surface area contributed by atoms with Crippen molar-refractivity contribution in [2.24, 2.45) is 5.92 Å². The third-order valence-electron chi connectivity index (χ3n) is 3.36. The Kier molecular flexibility index (Phi) is 4.12. The molecule has 1 aromatic carbocycles. The van der Waals surface area contributed by atoms with E-state index < -0.39 is 0 Å². The quantitative estimate of drug-likeness (QED) is 0.880. The van der Waals surface area contributed by atoms with Crippen LogP contribution in [0.2, 0.25) is 0 Å². The van der Waals surface area contributed by atoms with E-state index in [0.29, 0.717) is 12.1 Å². The molecule has 1 aliphatic rings. The summed E-state index contributed by atoms with van der Waals surface area (Å²) < 4.78 is 16.2. The van der Waals surface area contributed by atoms with Crippen molar-refractivity contribution in [3.05, 3.63) is 45.9 Å². The van der Waals surface area contributed by atoms with Crippen LogP contribution in [-0.4, -0.2) is 21.5 Å². The van der Waals surface area contributed by atoms with Gasteiger partial charge in [0.05, 0.1) is 18.4 Å². The van der Waals surface area contributed by atoms with Gasteiger partial charge in [-0.15, -0.1) is 5.10 Å². The minimum atomic E-state index is -0.225. The summed E-state index contributed by atoms with van der Waals surface area (Å²) in [6.45, 7) is 2.16. The van der Waals surface area contributed by atoms with Crippen molar-refractivity contribution in [3.8, 4) is 0 Å². The molecule has 0 unspecified atom stereocenters. The van der Waals surface area contributed by atoms with Gasteiger partial charge in [-0.2, -0.15) is 0 Å². The topological polar surface area (TPSA) is 42.7 Å². The molecule has 0 aliphatic heterocycles. The zero-order valence-corrected chi connectivity index (χ0v) is 12.6. The van der Waals surface area contributed by atoms with E-state index in [-0.39, 0.29) is 5.82 Å². The molecule has 1 aromatic heterocycles. The fourth-order valence-electron chi connectivity index (χ4n) is 2.06. The van der Waals surface area contributed by atoms with Gasteiger partial charge in [0.2, 0.25) is 0 Å². The average molecular weight is 339 g/mol. The summed E-state index contributed by atoms with van der Waals surface area (Å²) in [5, 5.41) is 11.5. The Morgan fingerprint density at radius 1 is 1.40 bits per heavy atom. The lowest BCUT2D eigenvalue weighted by Gasteiger charge is -2.03. The summed E-state index contributed by atoms with van der Waals surface area (Å²) >= 11 is 3.35. The van der Waals surface area contributed by atoms with Gasteiger partial charge < -0.3 is 5.32 Å². The first-order chi connectivity index (χ1) is 9.70. The molecule has 0 atom stereocenters. The normalized spacial score (nSPS) is 14.7. The molecule has 106 valence electrons. The summed E-state index contributed by atoms with van der Waals surface area (Å²) in [4.78, 5) is 0. The van der Waals surface area contributed by atoms with Crippen LogP contribution in [0.1, 0.15) is 24.1 Å². The Morgan fingerprint density at radius 3 is 3.05 bits per heavy atom. The maximum Gasteiger partial charge on any atom is 0.128 e. The summed E-state index contributed by atoms with van der Waals surface area (Å²) in [6.07, 6.45) is 4.53. The molecule has 3 rings (SSSR count). The van der Waals surface area contributed by atoms with E-state index in [9.17, 15) is 4.39 Å². The molecule has 2 aromatic rings. The second-order valence-electron chi connectivity index (χ2n) is 5.22. The molecule has 4 nitrogen and oxygen atoms in total. The largest absolute Gasteiger partial charge is 0.311 e. The average Bonchev–Trinajstić information content (AvgIpc) is 3.14. The molecule has 0 saturated heterocycles. The van der Waals surface area contributed by atoms with Gasteiger partial charge in [0.15, 0.2) is 0 Å². The number of halogens is 2. The van der Waals surface area contributed by atoms with E-state index in [0.717, 1.165) is 29.2 Å². The molecule has 1 N–H and O–H groups in total. The molecule has 1 saturated carbocycles. The van der Waals surface area contributed by atoms with Gasteiger partial charge in [0.1, 0.15) is 5.82 Å². The van der Waals surface area contributed by atoms with Gasteiger partial charge in [0, 0.05) is 16.6 Å². The van der Waals surface area contributed by atoms with Crippen molar-refractivity contribution in [1.29, 1.82) is 0 Å². The summed E-state index contributed by atoms with van der Waals surface area (Å²) in [5.41, 5.74) is 1.49. The number of nitrogens with one attached hydrogen (secondary N) is 1. The molecule has 1 fully saturated rings. The highest BCUT2D eigenvalue weighted by atomic mass is 79.9. The van der Waals surface area contributed by atoms with E-state index >= 15 is 0 Å². The second-order valence-corrected chi connectivity index (χ2v) is 6.13. The summed E-state index contributed by atoms with van der Waals surface area (Å²) in [5.74, 6) is 0.623. The van der Waals surface area contributed by atoms with Gasteiger partial charge in [0.25, 0.3) is 0 Å². The van der Waals surface area contributed by atoms with Crippen LogP contribution < -0.4 is 5.32 Å². The van der Waals surface area contributed by atoms with Crippen LogP contribution in [0.25, 0.3) is 0 Å². The SMILES string of the molecule is Fc1ccc(Br)cc1Cn1cc(CNCC2CC2)nn1. The molecular weight excluding hydrogens is 323 g/mol. The fourth-order valence-corrected chi connectivity index (χ4v) is 2.47. The summed E-state index contributed by atoms with van der Waals surface area (Å²) in [6, 6.07) is 4.91. The van der Waals surface area contributed by atoms with Gasteiger partial charge in [-0.05, 0) is 43.5 Å². The van der Waals surface area contributed by atoms with E-state index in [1.165, 1.54) is 18.9 Å². The molecule has 0 spiro atoms. The Balaban J connectivity index is 1.59. The lowest BCUT2D eigenvalue weighted by Crippen LogP contribution is -2.16. The van der Waals surface area contributed by atoms with Crippen LogP contribution in [-0.2, 0) is 13.1 Å². The molecule has 1 heterocycles. The first kappa shape index (κ1) is 13.7. The van der Waals surface area contributed by atoms with Crippen molar-refractivity contribution in [1.82, 2.24) is 20.3 Å². The number of rotatable bonds is 6.